The zero-order valence-electron chi connectivity index (χ0n) is 12.5. The zero-order valence-corrected chi connectivity index (χ0v) is 13.2. The molecule has 1 fully saturated rings. The Labute approximate surface area is 138 Å². The van der Waals surface area contributed by atoms with E-state index in [9.17, 15) is 8.78 Å². The maximum Gasteiger partial charge on any atom is 0.177 e. The Hall–Kier alpha value is -1.72. The molecule has 0 saturated carbocycles. The van der Waals surface area contributed by atoms with E-state index in [4.69, 9.17) is 16.3 Å². The van der Waals surface area contributed by atoms with Gasteiger partial charge in [0.2, 0.25) is 0 Å². The number of rotatable bonds is 4. The van der Waals surface area contributed by atoms with Gasteiger partial charge in [-0.05, 0) is 61.2 Å². The van der Waals surface area contributed by atoms with Crippen molar-refractivity contribution in [2.75, 3.05) is 13.1 Å². The van der Waals surface area contributed by atoms with Gasteiger partial charge in [0.15, 0.2) is 11.6 Å². The van der Waals surface area contributed by atoms with E-state index in [0.717, 1.165) is 49.2 Å². The highest BCUT2D eigenvalue weighted by atomic mass is 35.5. The van der Waals surface area contributed by atoms with Crippen LogP contribution in [0, 0.1) is 11.6 Å². The summed E-state index contributed by atoms with van der Waals surface area (Å²) in [6, 6.07) is 3.84. The lowest BCUT2D eigenvalue weighted by atomic mass is 9.88. The number of halogens is 3. The van der Waals surface area contributed by atoms with Crippen LogP contribution in [0.3, 0.4) is 0 Å². The van der Waals surface area contributed by atoms with Crippen LogP contribution in [0.1, 0.15) is 29.9 Å². The van der Waals surface area contributed by atoms with E-state index in [2.05, 4.69) is 10.3 Å². The van der Waals surface area contributed by atoms with E-state index < -0.39 is 11.6 Å². The predicted octanol–water partition coefficient (Wildman–Crippen LogP) is 4.06. The van der Waals surface area contributed by atoms with E-state index >= 15 is 0 Å². The van der Waals surface area contributed by atoms with Crippen molar-refractivity contribution < 1.29 is 13.5 Å². The number of benzene rings is 1. The molecule has 1 aromatic heterocycles. The Morgan fingerprint density at radius 1 is 1.17 bits per heavy atom. The third-order valence-corrected chi connectivity index (χ3v) is 4.45. The van der Waals surface area contributed by atoms with Crippen molar-refractivity contribution in [3.05, 3.63) is 58.4 Å². The first-order valence-electron chi connectivity index (χ1n) is 7.56. The smallest absolute Gasteiger partial charge is 0.177 e. The Morgan fingerprint density at radius 3 is 2.70 bits per heavy atom. The number of aromatic nitrogens is 1. The molecule has 1 aliphatic rings. The van der Waals surface area contributed by atoms with E-state index in [1.165, 1.54) is 0 Å². The van der Waals surface area contributed by atoms with Crippen molar-refractivity contribution in [3.63, 3.8) is 0 Å². The highest BCUT2D eigenvalue weighted by Gasteiger charge is 2.19. The van der Waals surface area contributed by atoms with Crippen LogP contribution in [-0.4, -0.2) is 18.1 Å². The largest absolute Gasteiger partial charge is 0.484 e. The molecule has 0 unspecified atom stereocenters. The molecule has 0 bridgehead atoms. The van der Waals surface area contributed by atoms with Gasteiger partial charge < -0.3 is 10.1 Å². The molecule has 0 spiro atoms. The van der Waals surface area contributed by atoms with Crippen LogP contribution in [0.2, 0.25) is 5.02 Å². The average Bonchev–Trinajstić information content (AvgIpc) is 2.59. The zero-order chi connectivity index (χ0) is 16.2. The first kappa shape index (κ1) is 16.1. The number of nitrogens with zero attached hydrogens (tertiary/aromatic N) is 1. The monoisotopic (exact) mass is 338 g/mol. The number of ether oxygens (including phenoxy) is 1. The lowest BCUT2D eigenvalue weighted by Gasteiger charge is -2.24. The molecule has 0 amide bonds. The lowest BCUT2D eigenvalue weighted by molar-refractivity contribution is 0.286. The van der Waals surface area contributed by atoms with Gasteiger partial charge in [0.1, 0.15) is 17.4 Å². The van der Waals surface area contributed by atoms with Crippen LogP contribution in [0.5, 0.6) is 5.75 Å². The number of hydrogen-bond donors (Lipinski definition) is 1. The van der Waals surface area contributed by atoms with Crippen LogP contribution < -0.4 is 10.1 Å². The molecule has 6 heteroatoms. The Kier molecular flexibility index (Phi) is 5.08. The third-order valence-electron chi connectivity index (χ3n) is 4.10. The first-order valence-corrected chi connectivity index (χ1v) is 7.94. The van der Waals surface area contributed by atoms with Gasteiger partial charge in [-0.3, -0.25) is 4.98 Å². The van der Waals surface area contributed by atoms with E-state index in [0.29, 0.717) is 5.92 Å². The van der Waals surface area contributed by atoms with Gasteiger partial charge in [-0.25, -0.2) is 8.78 Å². The normalized spacial score (nSPS) is 15.6. The third kappa shape index (κ3) is 3.62. The van der Waals surface area contributed by atoms with E-state index in [1.54, 1.807) is 6.20 Å². The highest BCUT2D eigenvalue weighted by molar-refractivity contribution is 6.32. The van der Waals surface area contributed by atoms with Crippen LogP contribution in [0.4, 0.5) is 8.78 Å². The number of hydrogen-bond acceptors (Lipinski definition) is 3. The molecule has 1 aliphatic heterocycles. The van der Waals surface area contributed by atoms with Gasteiger partial charge in [-0.15, -0.1) is 0 Å². The van der Waals surface area contributed by atoms with Crippen LogP contribution in [0.15, 0.2) is 30.6 Å². The summed E-state index contributed by atoms with van der Waals surface area (Å²) in [5.74, 6) is -1.22. The summed E-state index contributed by atoms with van der Waals surface area (Å²) in [7, 11) is 0. The molecule has 3 rings (SSSR count). The van der Waals surface area contributed by atoms with Gasteiger partial charge in [-0.1, -0.05) is 11.6 Å². The molecule has 1 N–H and O–H groups in total. The maximum absolute atomic E-state index is 13.8. The fourth-order valence-corrected chi connectivity index (χ4v) is 3.07. The molecule has 2 heterocycles. The number of nitrogens with one attached hydrogen (secondary N) is 1. The summed E-state index contributed by atoms with van der Waals surface area (Å²) >= 11 is 5.79. The molecule has 122 valence electrons. The molecule has 0 radical (unpaired) electrons. The van der Waals surface area contributed by atoms with Crippen molar-refractivity contribution >= 4 is 11.6 Å². The van der Waals surface area contributed by atoms with Gasteiger partial charge >= 0.3 is 0 Å². The second kappa shape index (κ2) is 7.23. The minimum atomic E-state index is -0.698. The van der Waals surface area contributed by atoms with Crippen LogP contribution in [0.25, 0.3) is 0 Å². The maximum atomic E-state index is 13.8. The van der Waals surface area contributed by atoms with Crippen molar-refractivity contribution in [2.45, 2.75) is 25.4 Å². The van der Waals surface area contributed by atoms with E-state index in [1.807, 2.05) is 12.3 Å². The van der Waals surface area contributed by atoms with Crippen LogP contribution >= 0.6 is 11.6 Å². The van der Waals surface area contributed by atoms with Gasteiger partial charge in [0, 0.05) is 12.4 Å². The molecular weight excluding hydrogens is 322 g/mol. The Bertz CT molecular complexity index is 690. The summed E-state index contributed by atoms with van der Waals surface area (Å²) < 4.78 is 32.7. The summed E-state index contributed by atoms with van der Waals surface area (Å²) in [6.45, 7) is 2.05. The second-order valence-corrected chi connectivity index (χ2v) is 5.94. The predicted molar refractivity (Wildman–Crippen MR) is 84.8 cm³/mol. The molecule has 23 heavy (non-hydrogen) atoms. The minimum absolute atomic E-state index is 0.127. The molecular formula is C17H17ClF2N2O. The topological polar surface area (TPSA) is 34.1 Å². The van der Waals surface area contributed by atoms with Gasteiger partial charge in [0.25, 0.3) is 0 Å². The standard InChI is InChI=1S/C17H17ClF2N2O/c18-16-14(19)1-2-15(20)17(16)23-10-12-5-8-22-9-13(12)11-3-6-21-7-4-11/h1-2,5,8-9,11,21H,3-4,6-7,10H2. The van der Waals surface area contributed by atoms with Crippen molar-refractivity contribution in [2.24, 2.45) is 0 Å². The average molecular weight is 339 g/mol. The SMILES string of the molecule is Fc1ccc(F)c(OCc2ccncc2C2CCNCC2)c1Cl. The molecule has 1 saturated heterocycles. The lowest BCUT2D eigenvalue weighted by Crippen LogP contribution is -2.27. The number of piperidine rings is 1. The first-order chi connectivity index (χ1) is 11.2. The summed E-state index contributed by atoms with van der Waals surface area (Å²) in [5.41, 5.74) is 2.02. The molecule has 0 atom stereocenters. The fourth-order valence-electron chi connectivity index (χ4n) is 2.86. The Morgan fingerprint density at radius 2 is 1.91 bits per heavy atom. The minimum Gasteiger partial charge on any atom is -0.484 e. The van der Waals surface area contributed by atoms with E-state index in [-0.39, 0.29) is 17.4 Å². The summed E-state index contributed by atoms with van der Waals surface area (Å²) in [4.78, 5) is 4.19. The summed E-state index contributed by atoms with van der Waals surface area (Å²) in [5, 5.41) is 2.99. The molecule has 2 aromatic rings. The molecule has 1 aromatic carbocycles. The van der Waals surface area contributed by atoms with Gasteiger partial charge in [0.05, 0.1) is 0 Å². The second-order valence-electron chi connectivity index (χ2n) is 5.56. The van der Waals surface area contributed by atoms with Crippen molar-refractivity contribution in [1.29, 1.82) is 0 Å². The van der Waals surface area contributed by atoms with Gasteiger partial charge in [-0.2, -0.15) is 0 Å². The van der Waals surface area contributed by atoms with Crippen molar-refractivity contribution in [3.8, 4) is 5.75 Å². The van der Waals surface area contributed by atoms with Crippen LogP contribution in [-0.2, 0) is 6.61 Å². The number of pyridine rings is 1. The molecule has 0 aliphatic carbocycles. The fraction of sp³-hybridized carbons (Fsp3) is 0.353. The van der Waals surface area contributed by atoms with Crippen molar-refractivity contribution in [1.82, 2.24) is 10.3 Å². The highest BCUT2D eigenvalue weighted by Crippen LogP contribution is 2.32. The quantitative estimate of drug-likeness (QED) is 0.854. The summed E-state index contributed by atoms with van der Waals surface area (Å²) in [6.07, 6.45) is 5.55. The Balaban J connectivity index is 1.80. The molecule has 3 nitrogen and oxygen atoms in total.